The predicted octanol–water partition coefficient (Wildman–Crippen LogP) is 2.29. The van der Waals surface area contributed by atoms with Gasteiger partial charge in [0.2, 0.25) is 11.8 Å². The Morgan fingerprint density at radius 3 is 2.52 bits per heavy atom. The number of carbonyl (C=O) groups is 2. The summed E-state index contributed by atoms with van der Waals surface area (Å²) in [6.07, 6.45) is 6.01. The fourth-order valence-electron chi connectivity index (χ4n) is 1.30. The maximum absolute atomic E-state index is 13.3. The van der Waals surface area contributed by atoms with Gasteiger partial charge < -0.3 is 10.6 Å². The zero-order chi connectivity index (χ0) is 15.8. The number of amides is 2. The molecular weight excluding hydrogens is 285 g/mol. The van der Waals surface area contributed by atoms with E-state index < -0.39 is 41.5 Å². The lowest BCUT2D eigenvalue weighted by molar-refractivity contribution is -0.121. The minimum Gasteiger partial charge on any atom is -0.343 e. The Labute approximate surface area is 119 Å². The van der Waals surface area contributed by atoms with Crippen LogP contribution in [0, 0.1) is 17.5 Å². The molecule has 0 aliphatic rings. The maximum Gasteiger partial charge on any atom is 0.244 e. The lowest BCUT2D eigenvalue weighted by Crippen LogP contribution is -2.32. The van der Waals surface area contributed by atoms with Gasteiger partial charge in [-0.15, -0.1) is 0 Å². The third kappa shape index (κ3) is 5.13. The van der Waals surface area contributed by atoms with Gasteiger partial charge in [-0.25, -0.2) is 13.2 Å². The molecule has 112 valence electrons. The van der Waals surface area contributed by atoms with Crippen molar-refractivity contribution in [1.29, 1.82) is 0 Å². The quantitative estimate of drug-likeness (QED) is 0.498. The van der Waals surface area contributed by atoms with Crippen molar-refractivity contribution in [1.82, 2.24) is 5.32 Å². The highest BCUT2D eigenvalue weighted by atomic mass is 19.2. The number of anilines is 1. The average Bonchev–Trinajstić information content (AvgIpc) is 2.46. The summed E-state index contributed by atoms with van der Waals surface area (Å²) in [7, 11) is 0. The molecule has 0 heterocycles. The first-order valence-electron chi connectivity index (χ1n) is 5.96. The maximum atomic E-state index is 13.3. The predicted molar refractivity (Wildman–Crippen MR) is 71.9 cm³/mol. The second kappa shape index (κ2) is 7.88. The van der Waals surface area contributed by atoms with E-state index >= 15 is 0 Å². The van der Waals surface area contributed by atoms with E-state index in [0.29, 0.717) is 6.07 Å². The summed E-state index contributed by atoms with van der Waals surface area (Å²) in [6.45, 7) is 1.34. The second-order valence-electron chi connectivity index (χ2n) is 3.87. The lowest BCUT2D eigenvalue weighted by atomic mass is 10.2. The second-order valence-corrected chi connectivity index (χ2v) is 3.87. The Morgan fingerprint density at radius 1 is 1.14 bits per heavy atom. The molecular formula is C14H13F3N2O2. The molecule has 2 amide bonds. The Balaban J connectivity index is 2.55. The standard InChI is InChI=1S/C14H13F3N2O2/c1-2-3-4-5-11(20)18-8-12(21)19-10-7-6-9(15)13(16)14(10)17/h2-7H,8H2,1H3,(H,18,20)(H,19,21)/b3-2+,5-4+. The molecule has 0 saturated heterocycles. The van der Waals surface area contributed by atoms with Gasteiger partial charge in [0.25, 0.3) is 0 Å². The zero-order valence-electron chi connectivity index (χ0n) is 11.1. The van der Waals surface area contributed by atoms with Crippen LogP contribution in [0.3, 0.4) is 0 Å². The number of rotatable bonds is 5. The van der Waals surface area contributed by atoms with E-state index in [1.807, 2.05) is 5.32 Å². The van der Waals surface area contributed by atoms with Gasteiger partial charge in [-0.1, -0.05) is 18.2 Å². The third-order valence-electron chi connectivity index (χ3n) is 2.28. The SMILES string of the molecule is C/C=C/C=C/C(=O)NCC(=O)Nc1ccc(F)c(F)c1F. The van der Waals surface area contributed by atoms with Crippen molar-refractivity contribution >= 4 is 17.5 Å². The molecule has 21 heavy (non-hydrogen) atoms. The number of hydrogen-bond acceptors (Lipinski definition) is 2. The number of halogens is 3. The summed E-state index contributed by atoms with van der Waals surface area (Å²) in [5, 5.41) is 4.27. The zero-order valence-corrected chi connectivity index (χ0v) is 11.1. The topological polar surface area (TPSA) is 58.2 Å². The molecule has 0 aliphatic heterocycles. The monoisotopic (exact) mass is 298 g/mol. The third-order valence-corrected chi connectivity index (χ3v) is 2.28. The first kappa shape index (κ1) is 16.5. The van der Waals surface area contributed by atoms with Gasteiger partial charge in [0.1, 0.15) is 0 Å². The molecule has 1 aromatic carbocycles. The summed E-state index contributed by atoms with van der Waals surface area (Å²) in [6, 6.07) is 1.58. The lowest BCUT2D eigenvalue weighted by Gasteiger charge is -2.07. The number of benzene rings is 1. The molecule has 2 N–H and O–H groups in total. The first-order valence-corrected chi connectivity index (χ1v) is 5.96. The van der Waals surface area contributed by atoms with Gasteiger partial charge in [0.05, 0.1) is 12.2 Å². The number of allylic oxidation sites excluding steroid dienone is 3. The van der Waals surface area contributed by atoms with Crippen LogP contribution in [0.5, 0.6) is 0 Å². The van der Waals surface area contributed by atoms with Crippen molar-refractivity contribution in [2.75, 3.05) is 11.9 Å². The van der Waals surface area contributed by atoms with E-state index in [0.717, 1.165) is 6.07 Å². The molecule has 0 aliphatic carbocycles. The summed E-state index contributed by atoms with van der Waals surface area (Å²) in [4.78, 5) is 22.7. The molecule has 0 atom stereocenters. The van der Waals surface area contributed by atoms with E-state index in [1.165, 1.54) is 12.2 Å². The van der Waals surface area contributed by atoms with Crippen molar-refractivity contribution in [3.8, 4) is 0 Å². The average molecular weight is 298 g/mol. The largest absolute Gasteiger partial charge is 0.343 e. The Kier molecular flexibility index (Phi) is 6.19. The van der Waals surface area contributed by atoms with Gasteiger partial charge in [-0.2, -0.15) is 0 Å². The van der Waals surface area contributed by atoms with Gasteiger partial charge in [-0.05, 0) is 19.1 Å². The molecule has 0 spiro atoms. The van der Waals surface area contributed by atoms with Crippen LogP contribution in [0.4, 0.5) is 18.9 Å². The molecule has 0 aromatic heterocycles. The van der Waals surface area contributed by atoms with Gasteiger partial charge in [0, 0.05) is 6.08 Å². The summed E-state index contributed by atoms with van der Waals surface area (Å²) in [5.74, 6) is -5.82. The van der Waals surface area contributed by atoms with Crippen LogP contribution >= 0.6 is 0 Å². The number of carbonyl (C=O) groups excluding carboxylic acids is 2. The smallest absolute Gasteiger partial charge is 0.244 e. The molecule has 0 saturated carbocycles. The number of hydrogen-bond donors (Lipinski definition) is 2. The van der Waals surface area contributed by atoms with E-state index in [-0.39, 0.29) is 0 Å². The fourth-order valence-corrected chi connectivity index (χ4v) is 1.30. The van der Waals surface area contributed by atoms with Crippen molar-refractivity contribution in [2.24, 2.45) is 0 Å². The van der Waals surface area contributed by atoms with E-state index in [2.05, 4.69) is 5.32 Å². The highest BCUT2D eigenvalue weighted by Crippen LogP contribution is 2.19. The van der Waals surface area contributed by atoms with Crippen molar-refractivity contribution in [3.05, 3.63) is 53.9 Å². The van der Waals surface area contributed by atoms with Crippen LogP contribution in [0.1, 0.15) is 6.92 Å². The Bertz CT molecular complexity index is 598. The van der Waals surface area contributed by atoms with Crippen LogP contribution in [-0.2, 0) is 9.59 Å². The summed E-state index contributed by atoms with van der Waals surface area (Å²) < 4.78 is 38.9. The van der Waals surface area contributed by atoms with Crippen LogP contribution in [0.15, 0.2) is 36.4 Å². The van der Waals surface area contributed by atoms with Gasteiger partial charge in [-0.3, -0.25) is 9.59 Å². The van der Waals surface area contributed by atoms with E-state index in [1.54, 1.807) is 19.1 Å². The first-order chi connectivity index (χ1) is 9.95. The van der Waals surface area contributed by atoms with Gasteiger partial charge in [0.15, 0.2) is 17.5 Å². The molecule has 1 aromatic rings. The normalized spacial score (nSPS) is 11.0. The molecule has 0 unspecified atom stereocenters. The molecule has 0 radical (unpaired) electrons. The van der Waals surface area contributed by atoms with Crippen molar-refractivity contribution in [2.45, 2.75) is 6.92 Å². The van der Waals surface area contributed by atoms with E-state index in [4.69, 9.17) is 0 Å². The Morgan fingerprint density at radius 2 is 1.86 bits per heavy atom. The summed E-state index contributed by atoms with van der Waals surface area (Å²) in [5.41, 5.74) is -0.502. The minimum atomic E-state index is -1.67. The highest BCUT2D eigenvalue weighted by molar-refractivity contribution is 5.96. The summed E-state index contributed by atoms with van der Waals surface area (Å²) >= 11 is 0. The minimum absolute atomic E-state index is 0.433. The molecule has 7 heteroatoms. The van der Waals surface area contributed by atoms with Crippen molar-refractivity contribution < 1.29 is 22.8 Å². The fraction of sp³-hybridized carbons (Fsp3) is 0.143. The Hall–Kier alpha value is -2.57. The molecule has 1 rings (SSSR count). The number of nitrogens with one attached hydrogen (secondary N) is 2. The molecule has 4 nitrogen and oxygen atoms in total. The van der Waals surface area contributed by atoms with Crippen LogP contribution in [0.2, 0.25) is 0 Å². The van der Waals surface area contributed by atoms with Crippen molar-refractivity contribution in [3.63, 3.8) is 0 Å². The van der Waals surface area contributed by atoms with Gasteiger partial charge >= 0.3 is 0 Å². The highest BCUT2D eigenvalue weighted by Gasteiger charge is 2.15. The molecule has 0 fully saturated rings. The van der Waals surface area contributed by atoms with E-state index in [9.17, 15) is 22.8 Å². The van der Waals surface area contributed by atoms with Crippen LogP contribution in [0.25, 0.3) is 0 Å². The van der Waals surface area contributed by atoms with Crippen LogP contribution < -0.4 is 10.6 Å². The van der Waals surface area contributed by atoms with Crippen LogP contribution in [-0.4, -0.2) is 18.4 Å². The molecule has 0 bridgehead atoms.